The molecule has 0 radical (unpaired) electrons. The molecule has 0 fully saturated rings. The van der Waals surface area contributed by atoms with E-state index in [1.54, 1.807) is 36.4 Å². The molecule has 1 unspecified atom stereocenters. The fourth-order valence-electron chi connectivity index (χ4n) is 3.38. The highest BCUT2D eigenvalue weighted by Gasteiger charge is 2.59. The molecule has 0 bridgehead atoms. The molecule has 1 heterocycles. The number of carbonyl (C=O) groups is 2. The minimum Gasteiger partial charge on any atom is -0.475 e. The number of aliphatic hydroxyl groups is 1. The van der Waals surface area contributed by atoms with E-state index in [9.17, 15) is 19.8 Å². The molecule has 10 heteroatoms. The molecule has 34 heavy (non-hydrogen) atoms. The summed E-state index contributed by atoms with van der Waals surface area (Å²) in [6, 6.07) is 12.1. The Morgan fingerprint density at radius 2 is 1.85 bits per heavy atom. The Kier molecular flexibility index (Phi) is 7.92. The minimum absolute atomic E-state index is 0.0138. The summed E-state index contributed by atoms with van der Waals surface area (Å²) in [7, 11) is -1.77. The Bertz CT molecular complexity index is 1060. The summed E-state index contributed by atoms with van der Waals surface area (Å²) in [6.45, 7) is 8.28. The average molecular weight is 508 g/mol. The zero-order valence-electron chi connectivity index (χ0n) is 19.6. The van der Waals surface area contributed by atoms with Crippen LogP contribution in [0.1, 0.15) is 24.2 Å². The van der Waals surface area contributed by atoms with Gasteiger partial charge in [-0.1, -0.05) is 49.4 Å². The summed E-state index contributed by atoms with van der Waals surface area (Å²) in [5, 5.41) is 23.9. The third-order valence-corrected chi connectivity index (χ3v) is 6.38. The molecular formula is C24H30ClNO7Si. The van der Waals surface area contributed by atoms with Crippen molar-refractivity contribution < 1.29 is 34.0 Å². The van der Waals surface area contributed by atoms with Crippen LogP contribution in [0.2, 0.25) is 24.7 Å². The van der Waals surface area contributed by atoms with Crippen LogP contribution in [0, 0.1) is 0 Å². The Morgan fingerprint density at radius 3 is 2.50 bits per heavy atom. The van der Waals surface area contributed by atoms with E-state index >= 15 is 0 Å². The van der Waals surface area contributed by atoms with Gasteiger partial charge in [0.1, 0.15) is 0 Å². The maximum atomic E-state index is 12.6. The van der Waals surface area contributed by atoms with Crippen molar-refractivity contribution in [1.29, 1.82) is 0 Å². The van der Waals surface area contributed by atoms with Crippen molar-refractivity contribution >= 4 is 31.6 Å². The lowest BCUT2D eigenvalue weighted by molar-refractivity contribution is -0.197. The molecule has 2 aromatic carbocycles. The first-order valence-corrected chi connectivity index (χ1v) is 15.1. The van der Waals surface area contributed by atoms with Gasteiger partial charge >= 0.3 is 17.7 Å². The van der Waals surface area contributed by atoms with E-state index < -0.39 is 31.9 Å². The van der Waals surface area contributed by atoms with E-state index in [1.165, 1.54) is 0 Å². The molecule has 8 nitrogen and oxygen atoms in total. The topological polar surface area (TPSA) is 114 Å². The Morgan fingerprint density at radius 1 is 1.15 bits per heavy atom. The molecule has 0 saturated carbocycles. The molecule has 3 N–H and O–H groups in total. The number of ether oxygens (including phenoxy) is 3. The second kappa shape index (κ2) is 10.3. The monoisotopic (exact) mass is 507 g/mol. The second-order valence-electron chi connectivity index (χ2n) is 9.63. The van der Waals surface area contributed by atoms with Gasteiger partial charge in [-0.2, -0.15) is 0 Å². The van der Waals surface area contributed by atoms with Crippen molar-refractivity contribution in [3.63, 3.8) is 0 Å². The number of benzene rings is 2. The number of fused-ring (bicyclic) bond motifs is 1. The van der Waals surface area contributed by atoms with Crippen molar-refractivity contribution in [3.8, 4) is 11.5 Å². The molecule has 2 aromatic rings. The van der Waals surface area contributed by atoms with Crippen molar-refractivity contribution in [2.24, 2.45) is 0 Å². The lowest BCUT2D eigenvalue weighted by atomic mass is 10.1. The van der Waals surface area contributed by atoms with Gasteiger partial charge in [-0.05, 0) is 48.7 Å². The largest absolute Gasteiger partial charge is 0.475 e. The molecule has 0 spiro atoms. The summed E-state index contributed by atoms with van der Waals surface area (Å²) in [5.74, 6) is -4.88. The molecule has 0 saturated heterocycles. The number of hydrogen-bond donors (Lipinski definition) is 3. The van der Waals surface area contributed by atoms with Crippen LogP contribution < -0.4 is 14.8 Å². The smallest absolute Gasteiger partial charge is 0.453 e. The van der Waals surface area contributed by atoms with Crippen LogP contribution in [0.15, 0.2) is 42.5 Å². The highest BCUT2D eigenvalue weighted by atomic mass is 35.5. The number of aliphatic carboxylic acids is 1. The Hall–Kier alpha value is -2.59. The third-order valence-electron chi connectivity index (χ3n) is 5.14. The van der Waals surface area contributed by atoms with Crippen LogP contribution in [0.3, 0.4) is 0 Å². The molecule has 1 aliphatic rings. The van der Waals surface area contributed by atoms with Crippen molar-refractivity contribution in [1.82, 2.24) is 5.32 Å². The first-order valence-electron chi connectivity index (χ1n) is 11.0. The first kappa shape index (κ1) is 26.0. The lowest BCUT2D eigenvalue weighted by Crippen LogP contribution is -2.55. The number of nitrogens with one attached hydrogen (secondary N) is 1. The highest BCUT2D eigenvalue weighted by molar-refractivity contribution is 6.76. The fraction of sp³-hybridized carbons (Fsp3) is 0.417. The van der Waals surface area contributed by atoms with Crippen LogP contribution in [0.5, 0.6) is 11.5 Å². The number of esters is 1. The predicted molar refractivity (Wildman–Crippen MR) is 130 cm³/mol. The quantitative estimate of drug-likeness (QED) is 0.254. The molecule has 0 aliphatic carbocycles. The molecular weight excluding hydrogens is 478 g/mol. The van der Waals surface area contributed by atoms with E-state index in [4.69, 9.17) is 25.8 Å². The SMILES string of the molecule is C[C@H](Cc1ccc2c(c1)OC(C(=O)O)(C(=O)OC[Si](C)(C)C)O2)NC[C@H](O)c1cccc(Cl)c1. The number of carboxylic acid groups (broad SMARTS) is 1. The van der Waals surface area contributed by atoms with Gasteiger partial charge in [0.05, 0.1) is 20.4 Å². The van der Waals surface area contributed by atoms with Gasteiger partial charge in [-0.15, -0.1) is 0 Å². The predicted octanol–water partition coefficient (Wildman–Crippen LogP) is 3.57. The second-order valence-corrected chi connectivity index (χ2v) is 15.5. The van der Waals surface area contributed by atoms with Gasteiger partial charge in [0.2, 0.25) is 0 Å². The molecule has 1 aliphatic heterocycles. The van der Waals surface area contributed by atoms with Crippen molar-refractivity contribution in [3.05, 3.63) is 58.6 Å². The molecule has 0 aromatic heterocycles. The summed E-state index contributed by atoms with van der Waals surface area (Å²) < 4.78 is 16.2. The molecule has 184 valence electrons. The maximum absolute atomic E-state index is 12.6. The fourth-order valence-corrected chi connectivity index (χ4v) is 4.14. The van der Waals surface area contributed by atoms with E-state index in [0.717, 1.165) is 11.1 Å². The number of carbonyl (C=O) groups excluding carboxylic acids is 1. The number of carboxylic acids is 1. The lowest BCUT2D eigenvalue weighted by Gasteiger charge is -2.23. The first-order chi connectivity index (χ1) is 15.9. The van der Waals surface area contributed by atoms with Gasteiger partial charge in [0, 0.05) is 17.6 Å². The van der Waals surface area contributed by atoms with Gasteiger partial charge in [0.15, 0.2) is 11.5 Å². The number of halogens is 1. The van der Waals surface area contributed by atoms with Crippen molar-refractivity contribution in [2.75, 3.05) is 12.8 Å². The minimum atomic E-state index is -2.55. The summed E-state index contributed by atoms with van der Waals surface area (Å²) in [4.78, 5) is 24.5. The van der Waals surface area contributed by atoms with Crippen LogP contribution in [0.4, 0.5) is 0 Å². The molecule has 3 atom stereocenters. The maximum Gasteiger partial charge on any atom is 0.453 e. The Balaban J connectivity index is 1.62. The standard InChI is InChI=1S/C24H30ClNO7Si/c1-15(26-13-19(27)17-6-5-7-18(25)12-17)10-16-8-9-20-21(11-16)33-24(32-20,22(28)29)23(30)31-14-34(2,3)4/h5-9,11-12,15,19,26-27H,10,13-14H2,1-4H3,(H,28,29)/t15-,19+,24?/m1/s1. The number of rotatable bonds is 10. The normalized spacial score (nSPS) is 18.9. The van der Waals surface area contributed by atoms with Gasteiger partial charge < -0.3 is 29.7 Å². The van der Waals surface area contributed by atoms with Crippen LogP contribution in [-0.4, -0.2) is 54.8 Å². The average Bonchev–Trinajstić information content (AvgIpc) is 3.15. The third kappa shape index (κ3) is 6.29. The van der Waals surface area contributed by atoms with Crippen LogP contribution in [-0.2, 0) is 20.7 Å². The van der Waals surface area contributed by atoms with Crippen LogP contribution in [0.25, 0.3) is 0 Å². The Labute approximate surface area is 204 Å². The number of hydrogen-bond acceptors (Lipinski definition) is 7. The summed E-state index contributed by atoms with van der Waals surface area (Å²) >= 11 is 5.98. The van der Waals surface area contributed by atoms with Gasteiger partial charge in [0.25, 0.3) is 0 Å². The highest BCUT2D eigenvalue weighted by Crippen LogP contribution is 2.41. The van der Waals surface area contributed by atoms with Crippen LogP contribution >= 0.6 is 11.6 Å². The zero-order valence-corrected chi connectivity index (χ0v) is 21.4. The molecule has 3 rings (SSSR count). The van der Waals surface area contributed by atoms with E-state index in [2.05, 4.69) is 5.32 Å². The van der Waals surface area contributed by atoms with Gasteiger partial charge in [-0.25, -0.2) is 9.59 Å². The van der Waals surface area contributed by atoms with E-state index in [1.807, 2.05) is 32.6 Å². The van der Waals surface area contributed by atoms with E-state index in [0.29, 0.717) is 18.0 Å². The summed E-state index contributed by atoms with van der Waals surface area (Å²) in [6.07, 6.45) is 0.00889. The number of aliphatic hydroxyl groups excluding tert-OH is 1. The molecule has 0 amide bonds. The van der Waals surface area contributed by atoms with E-state index in [-0.39, 0.29) is 23.8 Å². The summed E-state index contributed by atoms with van der Waals surface area (Å²) in [5.41, 5.74) is 1.57. The zero-order chi connectivity index (χ0) is 25.1. The van der Waals surface area contributed by atoms with Gasteiger partial charge in [-0.3, -0.25) is 0 Å². The van der Waals surface area contributed by atoms with Crippen molar-refractivity contribution in [2.45, 2.75) is 50.9 Å².